The lowest BCUT2D eigenvalue weighted by molar-refractivity contribution is 0.0681. The second kappa shape index (κ2) is 5.22. The fourth-order valence-electron chi connectivity index (χ4n) is 1.53. The zero-order valence-corrected chi connectivity index (χ0v) is 9.87. The predicted octanol–water partition coefficient (Wildman–Crippen LogP) is 2.19. The van der Waals surface area contributed by atoms with Crippen LogP contribution in [0.2, 0.25) is 0 Å². The van der Waals surface area contributed by atoms with Gasteiger partial charge in [0.2, 0.25) is 0 Å². The van der Waals surface area contributed by atoms with E-state index in [0.717, 1.165) is 0 Å². The lowest BCUT2D eigenvalue weighted by Crippen LogP contribution is -2.11. The van der Waals surface area contributed by atoms with Crippen LogP contribution in [0.25, 0.3) is 0 Å². The molecule has 19 heavy (non-hydrogen) atoms. The van der Waals surface area contributed by atoms with Crippen LogP contribution in [-0.4, -0.2) is 17.0 Å². The second-order valence-electron chi connectivity index (χ2n) is 3.82. The molecule has 0 heterocycles. The van der Waals surface area contributed by atoms with Crippen LogP contribution in [0.15, 0.2) is 48.5 Å². The Bertz CT molecular complexity index is 623. The minimum absolute atomic E-state index is 0.0682. The number of rotatable bonds is 3. The van der Waals surface area contributed by atoms with Crippen LogP contribution in [0.1, 0.15) is 20.7 Å². The number of carbonyl (C=O) groups excluding carboxylic acids is 1. The maximum atomic E-state index is 11.8. The van der Waals surface area contributed by atoms with E-state index >= 15 is 0 Å². The summed E-state index contributed by atoms with van der Waals surface area (Å²) in [6, 6.07) is 12.3. The molecule has 0 saturated heterocycles. The first-order chi connectivity index (χ1) is 9.08. The van der Waals surface area contributed by atoms with Crippen molar-refractivity contribution in [1.82, 2.24) is 0 Å². The molecule has 0 fully saturated rings. The van der Waals surface area contributed by atoms with Crippen molar-refractivity contribution in [2.24, 2.45) is 0 Å². The van der Waals surface area contributed by atoms with Gasteiger partial charge < -0.3 is 15.6 Å². The summed E-state index contributed by atoms with van der Waals surface area (Å²) in [6.07, 6.45) is 0. The van der Waals surface area contributed by atoms with Gasteiger partial charge in [0.05, 0.1) is 5.56 Å². The number of ether oxygens (including phenoxy) is 1. The minimum Gasteiger partial charge on any atom is -0.478 e. The highest BCUT2D eigenvalue weighted by atomic mass is 16.5. The number of benzene rings is 2. The molecule has 2 rings (SSSR count). The number of aromatic carboxylic acids is 1. The Hall–Kier alpha value is -2.82. The van der Waals surface area contributed by atoms with Crippen molar-refractivity contribution in [3.8, 4) is 5.75 Å². The molecule has 2 aromatic carbocycles. The van der Waals surface area contributed by atoms with Gasteiger partial charge in [0.15, 0.2) is 0 Å². The van der Waals surface area contributed by atoms with Crippen molar-refractivity contribution in [3.05, 3.63) is 59.7 Å². The van der Waals surface area contributed by atoms with E-state index in [1.165, 1.54) is 18.2 Å². The molecule has 0 amide bonds. The Kier molecular flexibility index (Phi) is 3.47. The molecule has 0 radical (unpaired) electrons. The van der Waals surface area contributed by atoms with Crippen molar-refractivity contribution >= 4 is 17.6 Å². The summed E-state index contributed by atoms with van der Waals surface area (Å²) in [7, 11) is 0. The predicted molar refractivity (Wildman–Crippen MR) is 69.2 cm³/mol. The van der Waals surface area contributed by atoms with Crippen molar-refractivity contribution in [3.63, 3.8) is 0 Å². The summed E-state index contributed by atoms with van der Waals surface area (Å²) in [5.74, 6) is -1.88. The van der Waals surface area contributed by atoms with E-state index in [4.69, 9.17) is 15.6 Å². The molecule has 2 aromatic rings. The first-order valence-corrected chi connectivity index (χ1v) is 5.48. The van der Waals surface area contributed by atoms with Crippen LogP contribution in [0.4, 0.5) is 5.69 Å². The maximum Gasteiger partial charge on any atom is 0.343 e. The lowest BCUT2D eigenvalue weighted by atomic mass is 10.2. The molecule has 0 aliphatic rings. The summed E-state index contributed by atoms with van der Waals surface area (Å²) in [5, 5.41) is 9.01. The third-order valence-corrected chi connectivity index (χ3v) is 2.45. The Labute approximate surface area is 109 Å². The van der Waals surface area contributed by atoms with Gasteiger partial charge in [-0.2, -0.15) is 0 Å². The van der Waals surface area contributed by atoms with Crippen LogP contribution in [-0.2, 0) is 0 Å². The van der Waals surface area contributed by atoms with Gasteiger partial charge in [-0.1, -0.05) is 18.2 Å². The molecular formula is C14H11NO4. The average Bonchev–Trinajstić information content (AvgIpc) is 2.39. The molecule has 0 atom stereocenters. The first kappa shape index (κ1) is 12.6. The van der Waals surface area contributed by atoms with Crippen molar-refractivity contribution in [2.75, 3.05) is 5.73 Å². The molecule has 3 N–H and O–H groups in total. The van der Waals surface area contributed by atoms with Crippen molar-refractivity contribution < 1.29 is 19.4 Å². The topological polar surface area (TPSA) is 89.6 Å². The van der Waals surface area contributed by atoms with Crippen molar-refractivity contribution in [2.45, 2.75) is 0 Å². The molecule has 0 unspecified atom stereocenters. The number of nitrogen functional groups attached to an aromatic ring is 1. The quantitative estimate of drug-likeness (QED) is 0.499. The summed E-state index contributed by atoms with van der Waals surface area (Å²) < 4.78 is 5.07. The molecular weight excluding hydrogens is 246 g/mol. The highest BCUT2D eigenvalue weighted by Gasteiger charge is 2.15. The van der Waals surface area contributed by atoms with Gasteiger partial charge in [0, 0.05) is 11.8 Å². The highest BCUT2D eigenvalue weighted by Crippen LogP contribution is 2.23. The summed E-state index contributed by atoms with van der Waals surface area (Å²) in [5.41, 5.74) is 6.10. The minimum atomic E-state index is -1.18. The van der Waals surface area contributed by atoms with Gasteiger partial charge in [0.1, 0.15) is 11.3 Å². The first-order valence-electron chi connectivity index (χ1n) is 5.48. The summed E-state index contributed by atoms with van der Waals surface area (Å²) in [4.78, 5) is 22.9. The third-order valence-electron chi connectivity index (χ3n) is 2.45. The Balaban J connectivity index is 2.31. The van der Waals surface area contributed by atoms with Gasteiger partial charge in [-0.3, -0.25) is 0 Å². The molecule has 5 heteroatoms. The number of anilines is 1. The Morgan fingerprint density at radius 2 is 1.74 bits per heavy atom. The van der Waals surface area contributed by atoms with Gasteiger partial charge in [0.25, 0.3) is 0 Å². The van der Waals surface area contributed by atoms with Gasteiger partial charge in [-0.25, -0.2) is 9.59 Å². The van der Waals surface area contributed by atoms with E-state index in [0.29, 0.717) is 11.3 Å². The van der Waals surface area contributed by atoms with E-state index in [9.17, 15) is 9.59 Å². The smallest absolute Gasteiger partial charge is 0.343 e. The molecule has 0 aliphatic carbocycles. The molecule has 0 saturated carbocycles. The number of hydrogen-bond acceptors (Lipinski definition) is 4. The van der Waals surface area contributed by atoms with Crippen LogP contribution >= 0.6 is 0 Å². The van der Waals surface area contributed by atoms with E-state index in [2.05, 4.69) is 0 Å². The summed E-state index contributed by atoms with van der Waals surface area (Å²) >= 11 is 0. The number of hydrogen-bond donors (Lipinski definition) is 2. The van der Waals surface area contributed by atoms with E-state index in [1.807, 2.05) is 0 Å². The maximum absolute atomic E-state index is 11.8. The Morgan fingerprint density at radius 3 is 2.37 bits per heavy atom. The zero-order chi connectivity index (χ0) is 13.8. The number of carboxylic acid groups (broad SMARTS) is 1. The van der Waals surface area contributed by atoms with Gasteiger partial charge in [-0.15, -0.1) is 0 Å². The second-order valence-corrected chi connectivity index (χ2v) is 3.82. The normalized spacial score (nSPS) is 9.89. The zero-order valence-electron chi connectivity index (χ0n) is 9.87. The van der Waals surface area contributed by atoms with Crippen LogP contribution < -0.4 is 10.5 Å². The van der Waals surface area contributed by atoms with Crippen LogP contribution in [0.3, 0.4) is 0 Å². The number of esters is 1. The molecule has 96 valence electrons. The number of nitrogens with two attached hydrogens (primary N) is 1. The average molecular weight is 257 g/mol. The lowest BCUT2D eigenvalue weighted by Gasteiger charge is -2.08. The molecule has 5 nitrogen and oxygen atoms in total. The molecule has 0 aromatic heterocycles. The van der Waals surface area contributed by atoms with Crippen LogP contribution in [0, 0.1) is 0 Å². The van der Waals surface area contributed by atoms with E-state index in [-0.39, 0.29) is 11.3 Å². The molecule has 0 aliphatic heterocycles. The van der Waals surface area contributed by atoms with E-state index < -0.39 is 11.9 Å². The van der Waals surface area contributed by atoms with Crippen LogP contribution in [0.5, 0.6) is 5.75 Å². The SMILES string of the molecule is Nc1ccc(C(=O)O)c(OC(=O)c2ccccc2)c1. The number of carboxylic acids is 1. The monoisotopic (exact) mass is 257 g/mol. The molecule has 0 bridgehead atoms. The fraction of sp³-hybridized carbons (Fsp3) is 0. The molecule has 0 spiro atoms. The number of carbonyl (C=O) groups is 2. The standard InChI is InChI=1S/C14H11NO4/c15-10-6-7-11(13(16)17)12(8-10)19-14(18)9-4-2-1-3-5-9/h1-8H,15H2,(H,16,17). The Morgan fingerprint density at radius 1 is 1.05 bits per heavy atom. The third kappa shape index (κ3) is 2.90. The summed E-state index contributed by atoms with van der Waals surface area (Å²) in [6.45, 7) is 0. The fourth-order valence-corrected chi connectivity index (χ4v) is 1.53. The van der Waals surface area contributed by atoms with Gasteiger partial charge in [-0.05, 0) is 24.3 Å². The largest absolute Gasteiger partial charge is 0.478 e. The van der Waals surface area contributed by atoms with Gasteiger partial charge >= 0.3 is 11.9 Å². The van der Waals surface area contributed by atoms with E-state index in [1.54, 1.807) is 30.3 Å². The van der Waals surface area contributed by atoms with Crippen molar-refractivity contribution in [1.29, 1.82) is 0 Å². The highest BCUT2D eigenvalue weighted by molar-refractivity contribution is 5.95.